The van der Waals surface area contributed by atoms with E-state index in [0.717, 1.165) is 56.4 Å². The molecule has 0 amide bonds. The Labute approximate surface area is 405 Å². The molecule has 0 aliphatic carbocycles. The normalized spacial score (nSPS) is 11.7. The first-order valence-corrected chi connectivity index (χ1v) is 24.0. The SMILES string of the molecule is c1ccc(N(c2cc(-c3ccc(-n4c5ccccc5c5ccccc54)cc3)cc(-c3cccc4c5ccccc5n(-c5ccccc5)c34)c2)c2ccc3c(c2)c2ccccc2n3-c2ccccc2)cc1. The van der Waals surface area contributed by atoms with Crippen LogP contribution in [-0.4, -0.2) is 13.7 Å². The summed E-state index contributed by atoms with van der Waals surface area (Å²) in [6.45, 7) is 0. The molecule has 4 nitrogen and oxygen atoms in total. The van der Waals surface area contributed by atoms with Gasteiger partial charge in [-0.15, -0.1) is 0 Å². The molecule has 0 aliphatic heterocycles. The van der Waals surface area contributed by atoms with E-state index in [1.807, 2.05) is 0 Å². The minimum absolute atomic E-state index is 1.07. The van der Waals surface area contributed by atoms with Crippen molar-refractivity contribution in [1.29, 1.82) is 0 Å². The third-order valence-electron chi connectivity index (χ3n) is 14.2. The van der Waals surface area contributed by atoms with Crippen molar-refractivity contribution in [2.24, 2.45) is 0 Å². The number of para-hydroxylation sites is 8. The van der Waals surface area contributed by atoms with E-state index in [1.165, 1.54) is 65.4 Å². The molecule has 0 spiro atoms. The van der Waals surface area contributed by atoms with Crippen LogP contribution in [0.15, 0.2) is 267 Å². The highest BCUT2D eigenvalue weighted by Crippen LogP contribution is 2.45. The van der Waals surface area contributed by atoms with Crippen molar-refractivity contribution in [3.8, 4) is 39.3 Å². The summed E-state index contributed by atoms with van der Waals surface area (Å²) in [5, 5.41) is 7.38. The Bertz CT molecular complexity index is 4220. The van der Waals surface area contributed by atoms with E-state index in [4.69, 9.17) is 0 Å². The zero-order valence-electron chi connectivity index (χ0n) is 38.2. The fourth-order valence-corrected chi connectivity index (χ4v) is 11.1. The summed E-state index contributed by atoms with van der Waals surface area (Å²) in [6, 6.07) is 97.3. The minimum atomic E-state index is 1.07. The lowest BCUT2D eigenvalue weighted by Gasteiger charge is -2.27. The third kappa shape index (κ3) is 6.31. The number of fused-ring (bicyclic) bond motifs is 9. The summed E-state index contributed by atoms with van der Waals surface area (Å²) in [6.07, 6.45) is 0. The van der Waals surface area contributed by atoms with E-state index in [0.29, 0.717) is 0 Å². The van der Waals surface area contributed by atoms with Gasteiger partial charge in [0.25, 0.3) is 0 Å². The Morgan fingerprint density at radius 1 is 0.229 bits per heavy atom. The largest absolute Gasteiger partial charge is 0.310 e. The first kappa shape index (κ1) is 39.8. The highest BCUT2D eigenvalue weighted by molar-refractivity contribution is 6.15. The van der Waals surface area contributed by atoms with Gasteiger partial charge in [0.15, 0.2) is 0 Å². The second kappa shape index (κ2) is 16.2. The van der Waals surface area contributed by atoms with Gasteiger partial charge in [-0.05, 0) is 126 Å². The maximum absolute atomic E-state index is 2.44. The van der Waals surface area contributed by atoms with E-state index in [2.05, 4.69) is 286 Å². The van der Waals surface area contributed by atoms with Gasteiger partial charge in [0, 0.05) is 72.0 Å². The number of nitrogens with zero attached hydrogens (tertiary/aromatic N) is 4. The molecule has 0 bridgehead atoms. The number of rotatable bonds is 8. The van der Waals surface area contributed by atoms with Crippen LogP contribution in [0.25, 0.3) is 105 Å². The molecule has 0 N–H and O–H groups in total. The van der Waals surface area contributed by atoms with E-state index in [1.54, 1.807) is 0 Å². The second-order valence-corrected chi connectivity index (χ2v) is 18.1. The summed E-state index contributed by atoms with van der Waals surface area (Å²) in [4.78, 5) is 2.43. The first-order valence-electron chi connectivity index (χ1n) is 24.0. The Kier molecular flexibility index (Phi) is 9.17. The van der Waals surface area contributed by atoms with Crippen LogP contribution < -0.4 is 4.90 Å². The lowest BCUT2D eigenvalue weighted by atomic mass is 9.95. The Morgan fingerprint density at radius 3 is 1.27 bits per heavy atom. The number of hydrogen-bond donors (Lipinski definition) is 0. The van der Waals surface area contributed by atoms with Crippen LogP contribution in [0.5, 0.6) is 0 Å². The van der Waals surface area contributed by atoms with Gasteiger partial charge in [-0.3, -0.25) is 0 Å². The molecule has 4 heteroatoms. The van der Waals surface area contributed by atoms with Crippen LogP contribution in [0.3, 0.4) is 0 Å². The quantitative estimate of drug-likeness (QED) is 0.149. The fourth-order valence-electron chi connectivity index (χ4n) is 11.1. The van der Waals surface area contributed by atoms with E-state index in [9.17, 15) is 0 Å². The van der Waals surface area contributed by atoms with Crippen molar-refractivity contribution in [3.05, 3.63) is 267 Å². The van der Waals surface area contributed by atoms with Gasteiger partial charge < -0.3 is 18.6 Å². The molecule has 3 heterocycles. The molecule has 11 aromatic carbocycles. The zero-order chi connectivity index (χ0) is 46.1. The summed E-state index contributed by atoms with van der Waals surface area (Å²) in [7, 11) is 0. The Morgan fingerprint density at radius 2 is 0.671 bits per heavy atom. The molecular formula is C66H44N4. The van der Waals surface area contributed by atoms with Crippen molar-refractivity contribution in [2.75, 3.05) is 4.90 Å². The van der Waals surface area contributed by atoms with Gasteiger partial charge >= 0.3 is 0 Å². The average Bonchev–Trinajstić information content (AvgIpc) is 4.08. The molecule has 14 rings (SSSR count). The number of anilines is 3. The number of hydrogen-bond acceptors (Lipinski definition) is 1. The number of benzene rings is 11. The Hall–Kier alpha value is -9.38. The lowest BCUT2D eigenvalue weighted by Crippen LogP contribution is -2.10. The van der Waals surface area contributed by atoms with Crippen LogP contribution in [0.1, 0.15) is 0 Å². The van der Waals surface area contributed by atoms with Crippen LogP contribution in [0.2, 0.25) is 0 Å². The van der Waals surface area contributed by atoms with Crippen LogP contribution in [-0.2, 0) is 0 Å². The molecule has 328 valence electrons. The highest BCUT2D eigenvalue weighted by Gasteiger charge is 2.22. The highest BCUT2D eigenvalue weighted by atomic mass is 15.1. The molecule has 14 aromatic rings. The predicted octanol–water partition coefficient (Wildman–Crippen LogP) is 17.8. The topological polar surface area (TPSA) is 18.0 Å². The molecule has 0 atom stereocenters. The van der Waals surface area contributed by atoms with E-state index < -0.39 is 0 Å². The van der Waals surface area contributed by atoms with Gasteiger partial charge in [0.05, 0.1) is 33.1 Å². The van der Waals surface area contributed by atoms with Crippen LogP contribution >= 0.6 is 0 Å². The molecule has 0 fully saturated rings. The van der Waals surface area contributed by atoms with Gasteiger partial charge in [0.2, 0.25) is 0 Å². The Balaban J connectivity index is 1.02. The third-order valence-corrected chi connectivity index (χ3v) is 14.2. The van der Waals surface area contributed by atoms with Crippen molar-refractivity contribution in [3.63, 3.8) is 0 Å². The van der Waals surface area contributed by atoms with Gasteiger partial charge in [-0.2, -0.15) is 0 Å². The van der Waals surface area contributed by atoms with Crippen molar-refractivity contribution >= 4 is 82.5 Å². The van der Waals surface area contributed by atoms with Gasteiger partial charge in [-0.1, -0.05) is 158 Å². The van der Waals surface area contributed by atoms with Crippen molar-refractivity contribution in [2.45, 2.75) is 0 Å². The standard InChI is InChI=1S/C66H44N4/c1-4-19-48(20-5-1)67(52-39-40-65-60(44-52)58-28-13-16-33-63(58)68(65)49-21-6-2-7-22-49)53-42-46(45-35-37-51(38-36-45)69-61-31-14-10-25-55(61)56-26-11-15-32-62(56)69)41-47(43-53)54-29-18-30-59-57-27-12-17-34-64(57)70(66(54)59)50-23-8-3-9-24-50/h1-44H. The molecule has 70 heavy (non-hydrogen) atoms. The first-order chi connectivity index (χ1) is 34.7. The van der Waals surface area contributed by atoms with Crippen molar-refractivity contribution < 1.29 is 0 Å². The molecule has 0 saturated heterocycles. The molecule has 0 aliphatic rings. The average molecular weight is 893 g/mol. The zero-order valence-corrected chi connectivity index (χ0v) is 38.2. The van der Waals surface area contributed by atoms with E-state index in [-0.39, 0.29) is 0 Å². The van der Waals surface area contributed by atoms with E-state index >= 15 is 0 Å². The maximum Gasteiger partial charge on any atom is 0.0619 e. The predicted molar refractivity (Wildman–Crippen MR) is 295 cm³/mol. The van der Waals surface area contributed by atoms with Gasteiger partial charge in [-0.25, -0.2) is 0 Å². The maximum atomic E-state index is 2.44. The molecule has 0 saturated carbocycles. The summed E-state index contributed by atoms with van der Waals surface area (Å²) in [5.41, 5.74) is 18.3. The minimum Gasteiger partial charge on any atom is -0.310 e. The monoisotopic (exact) mass is 892 g/mol. The fraction of sp³-hybridized carbons (Fsp3) is 0. The van der Waals surface area contributed by atoms with Crippen LogP contribution in [0.4, 0.5) is 17.1 Å². The molecular weight excluding hydrogens is 849 g/mol. The second-order valence-electron chi connectivity index (χ2n) is 18.1. The van der Waals surface area contributed by atoms with Crippen LogP contribution in [0, 0.1) is 0 Å². The van der Waals surface area contributed by atoms with Gasteiger partial charge in [0.1, 0.15) is 0 Å². The summed E-state index contributed by atoms with van der Waals surface area (Å²) in [5.74, 6) is 0. The molecule has 0 radical (unpaired) electrons. The molecule has 0 unspecified atom stereocenters. The van der Waals surface area contributed by atoms with Crippen molar-refractivity contribution in [1.82, 2.24) is 13.7 Å². The lowest BCUT2D eigenvalue weighted by molar-refractivity contribution is 1.18. The summed E-state index contributed by atoms with van der Waals surface area (Å²) >= 11 is 0. The number of aromatic nitrogens is 3. The smallest absolute Gasteiger partial charge is 0.0619 e. The molecule has 3 aromatic heterocycles. The summed E-state index contributed by atoms with van der Waals surface area (Å²) < 4.78 is 7.22.